The van der Waals surface area contributed by atoms with Gasteiger partial charge in [0.1, 0.15) is 6.61 Å². The highest BCUT2D eigenvalue weighted by Gasteiger charge is 2.14. The molecular weight excluding hydrogens is 230 g/mol. The maximum Gasteiger partial charge on any atom is 0.243 e. The smallest absolute Gasteiger partial charge is 0.243 e. The summed E-state index contributed by atoms with van der Waals surface area (Å²) in [5, 5.41) is 3.79. The van der Waals surface area contributed by atoms with Crippen LogP contribution < -0.4 is 5.73 Å². The van der Waals surface area contributed by atoms with Gasteiger partial charge in [-0.2, -0.15) is 4.98 Å². The molecule has 0 aliphatic heterocycles. The van der Waals surface area contributed by atoms with Crippen LogP contribution in [0, 0.1) is 0 Å². The first-order valence-electron chi connectivity index (χ1n) is 5.90. The normalized spacial score (nSPS) is 12.6. The van der Waals surface area contributed by atoms with Gasteiger partial charge >= 0.3 is 0 Å². The average Bonchev–Trinajstić information content (AvgIpc) is 2.86. The lowest BCUT2D eigenvalue weighted by atomic mass is 10.1. The van der Waals surface area contributed by atoms with Crippen molar-refractivity contribution in [1.29, 1.82) is 0 Å². The van der Waals surface area contributed by atoms with Crippen molar-refractivity contribution in [2.45, 2.75) is 25.5 Å². The first-order valence-corrected chi connectivity index (χ1v) is 5.90. The van der Waals surface area contributed by atoms with E-state index in [1.807, 2.05) is 18.2 Å². The van der Waals surface area contributed by atoms with E-state index in [9.17, 15) is 0 Å². The van der Waals surface area contributed by atoms with E-state index in [1.165, 1.54) is 5.56 Å². The van der Waals surface area contributed by atoms with E-state index in [2.05, 4.69) is 22.3 Å². The molecule has 0 spiro atoms. The highest BCUT2D eigenvalue weighted by atomic mass is 16.5. The molecule has 1 aromatic carbocycles. The second-order valence-corrected chi connectivity index (χ2v) is 4.11. The van der Waals surface area contributed by atoms with Gasteiger partial charge in [-0.15, -0.1) is 0 Å². The number of hydrogen-bond donors (Lipinski definition) is 1. The van der Waals surface area contributed by atoms with Crippen LogP contribution in [-0.2, 0) is 17.8 Å². The number of rotatable bonds is 6. The van der Waals surface area contributed by atoms with Crippen molar-refractivity contribution in [3.05, 3.63) is 47.6 Å². The lowest BCUT2D eigenvalue weighted by Gasteiger charge is -2.06. The van der Waals surface area contributed by atoms with Gasteiger partial charge in [0.25, 0.3) is 0 Å². The van der Waals surface area contributed by atoms with Crippen molar-refractivity contribution in [3.8, 4) is 0 Å². The van der Waals surface area contributed by atoms with Gasteiger partial charge in [0, 0.05) is 7.11 Å². The molecule has 0 aliphatic carbocycles. The maximum absolute atomic E-state index is 6.02. The molecule has 0 saturated carbocycles. The Labute approximate surface area is 106 Å². The summed E-state index contributed by atoms with van der Waals surface area (Å²) in [5.41, 5.74) is 7.27. The van der Waals surface area contributed by atoms with E-state index < -0.39 is 0 Å². The number of methoxy groups -OCH3 is 1. The summed E-state index contributed by atoms with van der Waals surface area (Å²) in [5.74, 6) is 1.00. The molecule has 1 heterocycles. The Morgan fingerprint density at radius 2 is 2.11 bits per heavy atom. The standard InChI is InChI=1S/C13H17N3O2/c1-17-9-12-15-13(18-16-12)11(14)8-7-10-5-3-2-4-6-10/h2-6,11H,7-9,14H2,1H3/t11-/m0/s1. The van der Waals surface area contributed by atoms with Crippen LogP contribution >= 0.6 is 0 Å². The molecule has 0 radical (unpaired) electrons. The molecule has 5 nitrogen and oxygen atoms in total. The Kier molecular flexibility index (Phi) is 4.44. The average molecular weight is 247 g/mol. The van der Waals surface area contributed by atoms with Crippen LogP contribution in [0.3, 0.4) is 0 Å². The summed E-state index contributed by atoms with van der Waals surface area (Å²) < 4.78 is 10.0. The molecule has 0 aliphatic rings. The largest absolute Gasteiger partial charge is 0.377 e. The van der Waals surface area contributed by atoms with Crippen LogP contribution in [0.2, 0.25) is 0 Å². The van der Waals surface area contributed by atoms with E-state index in [0.717, 1.165) is 12.8 Å². The molecule has 0 saturated heterocycles. The van der Waals surface area contributed by atoms with Gasteiger partial charge in [-0.3, -0.25) is 0 Å². The predicted molar refractivity (Wildman–Crippen MR) is 66.7 cm³/mol. The highest BCUT2D eigenvalue weighted by molar-refractivity contribution is 5.15. The fourth-order valence-electron chi connectivity index (χ4n) is 1.70. The van der Waals surface area contributed by atoms with Crippen LogP contribution in [0.1, 0.15) is 29.7 Å². The fourth-order valence-corrected chi connectivity index (χ4v) is 1.70. The quantitative estimate of drug-likeness (QED) is 0.843. The molecule has 96 valence electrons. The lowest BCUT2D eigenvalue weighted by Crippen LogP contribution is -2.12. The number of benzene rings is 1. The molecule has 5 heteroatoms. The molecule has 0 fully saturated rings. The molecule has 0 bridgehead atoms. The Bertz CT molecular complexity index is 470. The zero-order valence-electron chi connectivity index (χ0n) is 10.4. The zero-order chi connectivity index (χ0) is 12.8. The second-order valence-electron chi connectivity index (χ2n) is 4.11. The van der Waals surface area contributed by atoms with E-state index in [1.54, 1.807) is 7.11 Å². The first-order chi connectivity index (χ1) is 8.79. The maximum atomic E-state index is 6.02. The zero-order valence-corrected chi connectivity index (χ0v) is 10.4. The summed E-state index contributed by atoms with van der Waals surface area (Å²) >= 11 is 0. The van der Waals surface area contributed by atoms with Gasteiger partial charge in [-0.05, 0) is 18.4 Å². The number of ether oxygens (including phenoxy) is 1. The highest BCUT2D eigenvalue weighted by Crippen LogP contribution is 2.15. The molecule has 1 aromatic heterocycles. The van der Waals surface area contributed by atoms with Crippen molar-refractivity contribution >= 4 is 0 Å². The van der Waals surface area contributed by atoms with Crippen molar-refractivity contribution in [3.63, 3.8) is 0 Å². The molecule has 0 amide bonds. The van der Waals surface area contributed by atoms with Gasteiger partial charge in [0.2, 0.25) is 5.89 Å². The minimum Gasteiger partial charge on any atom is -0.377 e. The van der Waals surface area contributed by atoms with Crippen molar-refractivity contribution < 1.29 is 9.26 Å². The molecule has 18 heavy (non-hydrogen) atoms. The van der Waals surface area contributed by atoms with E-state index >= 15 is 0 Å². The number of hydrogen-bond acceptors (Lipinski definition) is 5. The lowest BCUT2D eigenvalue weighted by molar-refractivity contribution is 0.174. The molecule has 2 rings (SSSR count). The summed E-state index contributed by atoms with van der Waals surface area (Å²) in [6, 6.07) is 9.96. The van der Waals surface area contributed by atoms with Crippen LogP contribution in [0.15, 0.2) is 34.9 Å². The Hall–Kier alpha value is -1.72. The fraction of sp³-hybridized carbons (Fsp3) is 0.385. The van der Waals surface area contributed by atoms with E-state index in [-0.39, 0.29) is 6.04 Å². The first kappa shape index (κ1) is 12.7. The van der Waals surface area contributed by atoms with Crippen molar-refractivity contribution in [1.82, 2.24) is 10.1 Å². The third-order valence-electron chi connectivity index (χ3n) is 2.66. The number of aryl methyl sites for hydroxylation is 1. The number of nitrogens with two attached hydrogens (primary N) is 1. The van der Waals surface area contributed by atoms with E-state index in [4.69, 9.17) is 15.0 Å². The van der Waals surface area contributed by atoms with Crippen LogP contribution in [-0.4, -0.2) is 17.3 Å². The SMILES string of the molecule is COCc1noc([C@@H](N)CCc2ccccc2)n1. The predicted octanol–water partition coefficient (Wildman–Crippen LogP) is 1.85. The molecule has 0 unspecified atom stereocenters. The van der Waals surface area contributed by atoms with E-state index in [0.29, 0.717) is 18.3 Å². The van der Waals surface area contributed by atoms with Gasteiger partial charge in [0.05, 0.1) is 6.04 Å². The Morgan fingerprint density at radius 3 is 2.83 bits per heavy atom. The summed E-state index contributed by atoms with van der Waals surface area (Å²) in [7, 11) is 1.59. The molecule has 2 aromatic rings. The third kappa shape index (κ3) is 3.38. The molecule has 1 atom stereocenters. The monoisotopic (exact) mass is 247 g/mol. The van der Waals surface area contributed by atoms with Crippen molar-refractivity contribution in [2.24, 2.45) is 5.73 Å². The second kappa shape index (κ2) is 6.28. The van der Waals surface area contributed by atoms with Crippen LogP contribution in [0.4, 0.5) is 0 Å². The summed E-state index contributed by atoms with van der Waals surface area (Å²) in [4.78, 5) is 4.18. The number of nitrogens with zero attached hydrogens (tertiary/aromatic N) is 2. The van der Waals surface area contributed by atoms with Gasteiger partial charge in [-0.1, -0.05) is 35.5 Å². The minimum absolute atomic E-state index is 0.233. The molecule has 2 N–H and O–H groups in total. The topological polar surface area (TPSA) is 74.2 Å². The van der Waals surface area contributed by atoms with Crippen LogP contribution in [0.5, 0.6) is 0 Å². The number of aromatic nitrogens is 2. The summed E-state index contributed by atoms with van der Waals surface area (Å²) in [6.07, 6.45) is 1.67. The van der Waals surface area contributed by atoms with Crippen LogP contribution in [0.25, 0.3) is 0 Å². The van der Waals surface area contributed by atoms with Crippen molar-refractivity contribution in [2.75, 3.05) is 7.11 Å². The Morgan fingerprint density at radius 1 is 1.33 bits per heavy atom. The van der Waals surface area contributed by atoms with Gasteiger partial charge in [0.15, 0.2) is 5.82 Å². The molecular formula is C13H17N3O2. The minimum atomic E-state index is -0.233. The summed E-state index contributed by atoms with van der Waals surface area (Å²) in [6.45, 7) is 0.342. The van der Waals surface area contributed by atoms with Gasteiger partial charge in [-0.25, -0.2) is 0 Å². The van der Waals surface area contributed by atoms with Gasteiger partial charge < -0.3 is 15.0 Å². The third-order valence-corrected chi connectivity index (χ3v) is 2.66. The Balaban J connectivity index is 1.89.